The molecule has 0 radical (unpaired) electrons. The molecule has 0 atom stereocenters. The second-order valence-corrected chi connectivity index (χ2v) is 8.84. The Hall–Kier alpha value is -2.40. The Balaban J connectivity index is 2.17. The molecule has 0 bridgehead atoms. The topological polar surface area (TPSA) is 68.1 Å². The van der Waals surface area contributed by atoms with Gasteiger partial charge in [-0.05, 0) is 66.8 Å². The fourth-order valence-corrected chi connectivity index (χ4v) is 5.32. The van der Waals surface area contributed by atoms with Crippen LogP contribution in [0.5, 0.6) is 0 Å². The van der Waals surface area contributed by atoms with Crippen LogP contribution >= 0.6 is 23.4 Å². The highest BCUT2D eigenvalue weighted by Crippen LogP contribution is 2.41. The first-order chi connectivity index (χ1) is 13.9. The van der Waals surface area contributed by atoms with Crippen LogP contribution < -0.4 is 4.91 Å². The summed E-state index contributed by atoms with van der Waals surface area (Å²) in [7, 11) is 0. The monoisotopic (exact) mass is 426 g/mol. The standard InChI is InChI=1S/C22H25ClN5S/c1-14(2)21-20(12-26-27-24)16(4)28(13-17-5-7-25-8-6-17)22(21)29-19-10-15(3)9-18(23)11-19/h5-11,14,24H,12-13H2,1-4H3/q+1. The lowest BCUT2D eigenvalue weighted by atomic mass is 10.0. The first-order valence-electron chi connectivity index (χ1n) is 9.49. The molecule has 0 saturated heterocycles. The van der Waals surface area contributed by atoms with Crippen LogP contribution in [0.15, 0.2) is 57.8 Å². The number of benzene rings is 1. The van der Waals surface area contributed by atoms with Crippen molar-refractivity contribution in [2.24, 2.45) is 5.11 Å². The molecule has 2 heterocycles. The Labute approximate surface area is 180 Å². The molecule has 1 aromatic carbocycles. The fraction of sp³-hybridized carbons (Fsp3) is 0.318. The number of aryl methyl sites for hydroxylation is 1. The molecule has 2 aromatic heterocycles. The summed E-state index contributed by atoms with van der Waals surface area (Å²) < 4.78 is 2.33. The summed E-state index contributed by atoms with van der Waals surface area (Å²) in [5, 5.41) is 5.91. The van der Waals surface area contributed by atoms with E-state index in [9.17, 15) is 0 Å². The summed E-state index contributed by atoms with van der Waals surface area (Å²) in [6.45, 7) is 9.72. The highest BCUT2D eigenvalue weighted by Gasteiger charge is 2.24. The van der Waals surface area contributed by atoms with E-state index in [2.05, 4.69) is 53.3 Å². The van der Waals surface area contributed by atoms with Gasteiger partial charge in [-0.2, -0.15) is 0 Å². The normalized spacial score (nSPS) is 11.0. The van der Waals surface area contributed by atoms with Crippen molar-refractivity contribution >= 4 is 23.4 Å². The van der Waals surface area contributed by atoms with Crippen molar-refractivity contribution in [3.8, 4) is 0 Å². The van der Waals surface area contributed by atoms with Crippen molar-refractivity contribution in [3.63, 3.8) is 0 Å². The third-order valence-corrected chi connectivity index (χ3v) is 6.16. The van der Waals surface area contributed by atoms with Gasteiger partial charge in [-0.15, -0.1) is 0 Å². The van der Waals surface area contributed by atoms with E-state index in [0.29, 0.717) is 12.5 Å². The number of rotatable bonds is 7. The minimum Gasteiger partial charge on any atom is -0.335 e. The Bertz CT molecular complexity index is 1030. The molecule has 3 rings (SSSR count). The second-order valence-electron chi connectivity index (χ2n) is 7.34. The van der Waals surface area contributed by atoms with Gasteiger partial charge in [-0.3, -0.25) is 4.98 Å². The summed E-state index contributed by atoms with van der Waals surface area (Å²) in [5.74, 6) is 0.311. The lowest BCUT2D eigenvalue weighted by Crippen LogP contribution is -2.04. The van der Waals surface area contributed by atoms with Crippen LogP contribution in [-0.4, -0.2) is 9.55 Å². The summed E-state index contributed by atoms with van der Waals surface area (Å²) in [6, 6.07) is 10.2. The zero-order valence-electron chi connectivity index (χ0n) is 17.1. The molecule has 0 aliphatic rings. The van der Waals surface area contributed by atoms with Gasteiger partial charge in [0.25, 0.3) is 0 Å². The van der Waals surface area contributed by atoms with E-state index in [-0.39, 0.29) is 0 Å². The smallest absolute Gasteiger partial charge is 0.214 e. The molecule has 5 nitrogen and oxygen atoms in total. The molecule has 7 heteroatoms. The van der Waals surface area contributed by atoms with Crippen molar-refractivity contribution in [1.29, 1.82) is 5.53 Å². The summed E-state index contributed by atoms with van der Waals surface area (Å²) in [5.41, 5.74) is 13.0. The zero-order chi connectivity index (χ0) is 21.0. The zero-order valence-corrected chi connectivity index (χ0v) is 18.7. The Morgan fingerprint density at radius 1 is 1.21 bits per heavy atom. The van der Waals surface area contributed by atoms with Crippen LogP contribution in [-0.2, 0) is 13.1 Å². The molecule has 3 aromatic rings. The van der Waals surface area contributed by atoms with E-state index in [1.54, 1.807) is 11.8 Å². The summed E-state index contributed by atoms with van der Waals surface area (Å²) >= 11 is 8.05. The average Bonchev–Trinajstić information content (AvgIpc) is 2.92. The largest absolute Gasteiger partial charge is 0.335 e. The number of halogens is 1. The van der Waals surface area contributed by atoms with E-state index in [1.807, 2.05) is 36.7 Å². The molecule has 0 aliphatic heterocycles. The Morgan fingerprint density at radius 2 is 1.93 bits per heavy atom. The van der Waals surface area contributed by atoms with Crippen LogP contribution in [0.1, 0.15) is 47.7 Å². The maximum absolute atomic E-state index is 7.09. The second kappa shape index (κ2) is 9.40. The van der Waals surface area contributed by atoms with Crippen LogP contribution in [0.4, 0.5) is 0 Å². The molecular weight excluding hydrogens is 402 g/mol. The number of hydrogen-bond donors (Lipinski definition) is 1. The highest BCUT2D eigenvalue weighted by molar-refractivity contribution is 7.99. The van der Waals surface area contributed by atoms with Crippen molar-refractivity contribution in [2.75, 3.05) is 0 Å². The third kappa shape index (κ3) is 4.96. The van der Waals surface area contributed by atoms with Gasteiger partial charge >= 0.3 is 0 Å². The van der Waals surface area contributed by atoms with Crippen molar-refractivity contribution < 1.29 is 0 Å². The van der Waals surface area contributed by atoms with E-state index >= 15 is 0 Å². The molecule has 1 N–H and O–H groups in total. The molecule has 0 fully saturated rings. The molecule has 0 aliphatic carbocycles. The lowest BCUT2D eigenvalue weighted by Gasteiger charge is -2.15. The van der Waals surface area contributed by atoms with Gasteiger partial charge in [-0.1, -0.05) is 37.2 Å². The minimum atomic E-state index is 0.311. The number of nitrogens with zero attached hydrogens (tertiary/aromatic N) is 4. The molecule has 0 unspecified atom stereocenters. The number of hydrogen-bond acceptors (Lipinski definition) is 4. The highest BCUT2D eigenvalue weighted by atomic mass is 35.5. The van der Waals surface area contributed by atoms with Crippen LogP contribution in [0.2, 0.25) is 5.02 Å². The molecule has 0 amide bonds. The number of nitrogens with one attached hydrogen (secondary N) is 1. The number of aromatic nitrogens is 2. The van der Waals surface area contributed by atoms with Crippen LogP contribution in [0.25, 0.3) is 0 Å². The quantitative estimate of drug-likeness (QED) is 0.344. The van der Waals surface area contributed by atoms with Gasteiger partial charge in [0.05, 0.1) is 5.03 Å². The lowest BCUT2D eigenvalue weighted by molar-refractivity contribution is 0.689. The maximum atomic E-state index is 7.09. The molecular formula is C22H25ClN5S+. The van der Waals surface area contributed by atoms with Crippen molar-refractivity contribution in [3.05, 3.63) is 75.7 Å². The molecule has 29 heavy (non-hydrogen) atoms. The van der Waals surface area contributed by atoms with E-state index in [0.717, 1.165) is 33.3 Å². The fourth-order valence-electron chi connectivity index (χ4n) is 3.53. The van der Waals surface area contributed by atoms with Crippen LogP contribution in [0.3, 0.4) is 0 Å². The first-order valence-corrected chi connectivity index (χ1v) is 10.7. The predicted molar refractivity (Wildman–Crippen MR) is 118 cm³/mol. The Kier molecular flexibility index (Phi) is 6.91. The Morgan fingerprint density at radius 3 is 2.55 bits per heavy atom. The van der Waals surface area contributed by atoms with Crippen LogP contribution in [0, 0.1) is 19.4 Å². The van der Waals surface area contributed by atoms with Gasteiger partial charge in [0.15, 0.2) is 0 Å². The van der Waals surface area contributed by atoms with Gasteiger partial charge in [-0.25, -0.2) is 0 Å². The van der Waals surface area contributed by atoms with Crippen molar-refractivity contribution in [2.45, 2.75) is 56.6 Å². The molecule has 150 valence electrons. The van der Waals surface area contributed by atoms with Gasteiger partial charge < -0.3 is 4.57 Å². The maximum Gasteiger partial charge on any atom is 0.214 e. The van der Waals surface area contributed by atoms with E-state index in [1.165, 1.54) is 16.2 Å². The van der Waals surface area contributed by atoms with E-state index < -0.39 is 0 Å². The minimum absolute atomic E-state index is 0.311. The van der Waals surface area contributed by atoms with Crippen molar-refractivity contribution in [1.82, 2.24) is 14.5 Å². The third-order valence-electron chi connectivity index (χ3n) is 4.84. The first kappa shape index (κ1) is 21.3. The molecule has 0 saturated carbocycles. The summed E-state index contributed by atoms with van der Waals surface area (Å²) in [4.78, 5) is 8.48. The predicted octanol–water partition coefficient (Wildman–Crippen LogP) is 6.53. The van der Waals surface area contributed by atoms with Gasteiger partial charge in [0.1, 0.15) is 17.2 Å². The van der Waals surface area contributed by atoms with E-state index in [4.69, 9.17) is 17.1 Å². The number of pyridine rings is 1. The summed E-state index contributed by atoms with van der Waals surface area (Å²) in [6.07, 6.45) is 3.64. The average molecular weight is 427 g/mol. The SMILES string of the molecule is Cc1cc(Cl)cc(Sc2c(C(C)C)c(CN=[N+]=N)c(C)n2Cc2ccncc2)c1. The van der Waals surface area contributed by atoms with Gasteiger partial charge in [0.2, 0.25) is 4.91 Å². The van der Waals surface area contributed by atoms with Gasteiger partial charge in [0, 0.05) is 40.1 Å². The molecule has 0 spiro atoms.